The smallest absolute Gasteiger partial charge is 0.133 e. The third-order valence-corrected chi connectivity index (χ3v) is 4.13. The van der Waals surface area contributed by atoms with Gasteiger partial charge in [-0.15, -0.1) is 11.3 Å². The molecule has 1 aliphatic rings. The molecule has 17 heavy (non-hydrogen) atoms. The molecule has 3 rings (SSSR count). The zero-order valence-corrected chi connectivity index (χ0v) is 10.5. The summed E-state index contributed by atoms with van der Waals surface area (Å²) >= 11 is 7.43. The third kappa shape index (κ3) is 2.08. The summed E-state index contributed by atoms with van der Waals surface area (Å²) in [5.41, 5.74) is 1.58. The molecule has 0 amide bonds. The zero-order chi connectivity index (χ0) is 11.8. The summed E-state index contributed by atoms with van der Waals surface area (Å²) in [5, 5.41) is 4.54. The number of hydrogen-bond donors (Lipinski definition) is 1. The zero-order valence-electron chi connectivity index (χ0n) is 8.96. The molecule has 2 aromatic rings. The SMILES string of the molecule is Fc1ccc(Cl)cc1-c1nc2c(s1)CNCC2. The number of halogens is 2. The molecule has 1 aliphatic heterocycles. The van der Waals surface area contributed by atoms with E-state index in [1.807, 2.05) is 0 Å². The van der Waals surface area contributed by atoms with Crippen molar-refractivity contribution >= 4 is 22.9 Å². The minimum Gasteiger partial charge on any atom is -0.311 e. The molecule has 1 N–H and O–H groups in total. The van der Waals surface area contributed by atoms with Gasteiger partial charge in [0, 0.05) is 35.0 Å². The van der Waals surface area contributed by atoms with Crippen LogP contribution in [0.4, 0.5) is 4.39 Å². The van der Waals surface area contributed by atoms with Crippen LogP contribution in [0.2, 0.25) is 5.02 Å². The van der Waals surface area contributed by atoms with Crippen LogP contribution in [0.1, 0.15) is 10.6 Å². The summed E-state index contributed by atoms with van der Waals surface area (Å²) in [6, 6.07) is 4.57. The summed E-state index contributed by atoms with van der Waals surface area (Å²) in [7, 11) is 0. The first-order valence-electron chi connectivity index (χ1n) is 5.39. The number of aromatic nitrogens is 1. The fourth-order valence-electron chi connectivity index (χ4n) is 1.90. The van der Waals surface area contributed by atoms with Gasteiger partial charge in [0.1, 0.15) is 10.8 Å². The van der Waals surface area contributed by atoms with Gasteiger partial charge in [-0.2, -0.15) is 0 Å². The number of nitrogens with one attached hydrogen (secondary N) is 1. The summed E-state index contributed by atoms with van der Waals surface area (Å²) in [6.07, 6.45) is 0.911. The van der Waals surface area contributed by atoms with E-state index in [0.717, 1.165) is 30.2 Å². The van der Waals surface area contributed by atoms with Gasteiger partial charge >= 0.3 is 0 Å². The second kappa shape index (κ2) is 4.37. The molecule has 0 radical (unpaired) electrons. The molecule has 0 saturated carbocycles. The topological polar surface area (TPSA) is 24.9 Å². The highest BCUT2D eigenvalue weighted by Crippen LogP contribution is 2.32. The lowest BCUT2D eigenvalue weighted by molar-refractivity contribution is 0.630. The number of thiazole rings is 1. The van der Waals surface area contributed by atoms with E-state index < -0.39 is 0 Å². The van der Waals surface area contributed by atoms with Gasteiger partial charge in [0.05, 0.1) is 5.69 Å². The molecule has 0 spiro atoms. The molecule has 0 atom stereocenters. The predicted molar refractivity (Wildman–Crippen MR) is 67.9 cm³/mol. The lowest BCUT2D eigenvalue weighted by Gasteiger charge is -2.09. The summed E-state index contributed by atoms with van der Waals surface area (Å²) < 4.78 is 13.7. The number of fused-ring (bicyclic) bond motifs is 1. The molecule has 0 saturated heterocycles. The van der Waals surface area contributed by atoms with Gasteiger partial charge in [0.25, 0.3) is 0 Å². The molecule has 88 valence electrons. The lowest BCUT2D eigenvalue weighted by Crippen LogP contribution is -2.22. The average molecular weight is 269 g/mol. The Bertz CT molecular complexity index is 544. The van der Waals surface area contributed by atoms with E-state index in [-0.39, 0.29) is 5.82 Å². The van der Waals surface area contributed by atoms with Crippen molar-refractivity contribution in [3.63, 3.8) is 0 Å². The van der Waals surface area contributed by atoms with Crippen molar-refractivity contribution in [2.45, 2.75) is 13.0 Å². The Kier molecular flexibility index (Phi) is 2.86. The Morgan fingerprint density at radius 2 is 2.29 bits per heavy atom. The Hall–Kier alpha value is -0.970. The number of benzene rings is 1. The van der Waals surface area contributed by atoms with E-state index >= 15 is 0 Å². The van der Waals surface area contributed by atoms with Crippen molar-refractivity contribution in [1.82, 2.24) is 10.3 Å². The number of nitrogens with zero attached hydrogens (tertiary/aromatic N) is 1. The Labute approximate surface area is 107 Å². The molecule has 5 heteroatoms. The van der Waals surface area contributed by atoms with Gasteiger partial charge in [-0.05, 0) is 18.2 Å². The van der Waals surface area contributed by atoms with Crippen LogP contribution in [0.25, 0.3) is 10.6 Å². The summed E-state index contributed by atoms with van der Waals surface area (Å²) in [6.45, 7) is 1.77. The molecule has 2 heterocycles. The standard InChI is InChI=1S/C12H10ClFN2S/c13-7-1-2-9(14)8(5-7)12-16-10-3-4-15-6-11(10)17-12/h1-2,5,15H,3-4,6H2. The first-order valence-corrected chi connectivity index (χ1v) is 6.58. The van der Waals surface area contributed by atoms with Crippen molar-refractivity contribution in [3.05, 3.63) is 39.6 Å². The van der Waals surface area contributed by atoms with Crippen LogP contribution in [0.3, 0.4) is 0 Å². The molecule has 0 fully saturated rings. The number of hydrogen-bond acceptors (Lipinski definition) is 3. The van der Waals surface area contributed by atoms with E-state index in [1.54, 1.807) is 12.1 Å². The van der Waals surface area contributed by atoms with Crippen molar-refractivity contribution in [2.24, 2.45) is 0 Å². The van der Waals surface area contributed by atoms with E-state index in [9.17, 15) is 4.39 Å². The summed E-state index contributed by atoms with van der Waals surface area (Å²) in [4.78, 5) is 5.70. The molecule has 0 aliphatic carbocycles. The highest BCUT2D eigenvalue weighted by molar-refractivity contribution is 7.15. The molecular weight excluding hydrogens is 259 g/mol. The van der Waals surface area contributed by atoms with Crippen LogP contribution in [-0.2, 0) is 13.0 Å². The van der Waals surface area contributed by atoms with Gasteiger partial charge in [-0.3, -0.25) is 0 Å². The Morgan fingerprint density at radius 1 is 1.41 bits per heavy atom. The quantitative estimate of drug-likeness (QED) is 0.859. The fraction of sp³-hybridized carbons (Fsp3) is 0.250. The van der Waals surface area contributed by atoms with Gasteiger partial charge in [0.2, 0.25) is 0 Å². The monoisotopic (exact) mass is 268 g/mol. The molecule has 0 unspecified atom stereocenters. The lowest BCUT2D eigenvalue weighted by atomic mass is 10.2. The van der Waals surface area contributed by atoms with Crippen molar-refractivity contribution in [3.8, 4) is 10.6 Å². The maximum atomic E-state index is 13.7. The predicted octanol–water partition coefficient (Wildman–Crippen LogP) is 3.25. The highest BCUT2D eigenvalue weighted by atomic mass is 35.5. The maximum absolute atomic E-state index is 13.7. The molecule has 2 nitrogen and oxygen atoms in total. The second-order valence-corrected chi connectivity index (χ2v) is 5.46. The highest BCUT2D eigenvalue weighted by Gasteiger charge is 2.17. The first-order chi connectivity index (χ1) is 8.24. The van der Waals surface area contributed by atoms with E-state index in [0.29, 0.717) is 10.6 Å². The van der Waals surface area contributed by atoms with E-state index in [4.69, 9.17) is 11.6 Å². The van der Waals surface area contributed by atoms with Crippen LogP contribution in [-0.4, -0.2) is 11.5 Å². The Morgan fingerprint density at radius 3 is 3.12 bits per heavy atom. The van der Waals surface area contributed by atoms with Crippen LogP contribution < -0.4 is 5.32 Å². The van der Waals surface area contributed by atoms with E-state index in [2.05, 4.69) is 10.3 Å². The molecule has 1 aromatic heterocycles. The van der Waals surface area contributed by atoms with Gasteiger partial charge < -0.3 is 5.32 Å². The minimum absolute atomic E-state index is 0.270. The van der Waals surface area contributed by atoms with Crippen LogP contribution in [0.15, 0.2) is 18.2 Å². The van der Waals surface area contributed by atoms with Crippen molar-refractivity contribution in [2.75, 3.05) is 6.54 Å². The van der Waals surface area contributed by atoms with Crippen LogP contribution >= 0.6 is 22.9 Å². The van der Waals surface area contributed by atoms with Crippen LogP contribution in [0.5, 0.6) is 0 Å². The maximum Gasteiger partial charge on any atom is 0.133 e. The number of rotatable bonds is 1. The molecule has 1 aromatic carbocycles. The molecule has 0 bridgehead atoms. The minimum atomic E-state index is -0.270. The van der Waals surface area contributed by atoms with Gasteiger partial charge in [-0.25, -0.2) is 9.37 Å². The molecular formula is C12H10ClFN2S. The van der Waals surface area contributed by atoms with Gasteiger partial charge in [0.15, 0.2) is 0 Å². The van der Waals surface area contributed by atoms with Gasteiger partial charge in [-0.1, -0.05) is 11.6 Å². The van der Waals surface area contributed by atoms with Crippen LogP contribution in [0, 0.1) is 5.82 Å². The van der Waals surface area contributed by atoms with Crippen molar-refractivity contribution < 1.29 is 4.39 Å². The normalized spacial score (nSPS) is 14.7. The largest absolute Gasteiger partial charge is 0.311 e. The van der Waals surface area contributed by atoms with Crippen molar-refractivity contribution in [1.29, 1.82) is 0 Å². The first kappa shape index (κ1) is 11.1. The summed E-state index contributed by atoms with van der Waals surface area (Å²) in [5.74, 6) is -0.270. The van der Waals surface area contributed by atoms with E-state index in [1.165, 1.54) is 22.3 Å². The fourth-order valence-corrected chi connectivity index (χ4v) is 3.17. The second-order valence-electron chi connectivity index (χ2n) is 3.94. The average Bonchev–Trinajstić information content (AvgIpc) is 2.75. The third-order valence-electron chi connectivity index (χ3n) is 2.76. The Balaban J connectivity index is 2.08.